The monoisotopic (exact) mass is 367 g/mol. The molecular formula is C15H20F3NO4S. The summed E-state index contributed by atoms with van der Waals surface area (Å²) < 4.78 is 77.0. The van der Waals surface area contributed by atoms with Gasteiger partial charge >= 0.3 is 6.18 Å². The van der Waals surface area contributed by atoms with E-state index < -0.39 is 33.9 Å². The highest BCUT2D eigenvalue weighted by atomic mass is 32.2. The Hall–Kier alpha value is -1.32. The van der Waals surface area contributed by atoms with E-state index in [1.54, 1.807) is 24.6 Å². The van der Waals surface area contributed by atoms with Crippen molar-refractivity contribution in [1.29, 1.82) is 0 Å². The van der Waals surface area contributed by atoms with Crippen LogP contribution in [0.15, 0.2) is 23.1 Å². The van der Waals surface area contributed by atoms with Crippen LogP contribution in [-0.2, 0) is 21.2 Å². The molecule has 1 aliphatic heterocycles. The number of alkyl halides is 3. The highest BCUT2D eigenvalue weighted by molar-refractivity contribution is 7.89. The lowest BCUT2D eigenvalue weighted by Crippen LogP contribution is -2.59. The summed E-state index contributed by atoms with van der Waals surface area (Å²) in [4.78, 5) is -0.308. The third-order valence-electron chi connectivity index (χ3n) is 3.76. The smallest absolute Gasteiger partial charge is 0.409 e. The zero-order valence-electron chi connectivity index (χ0n) is 13.8. The quantitative estimate of drug-likeness (QED) is 0.869. The molecule has 0 amide bonds. The third-order valence-corrected chi connectivity index (χ3v) is 5.38. The second-order valence-corrected chi connectivity index (χ2v) is 8.30. The Bertz CT molecular complexity index is 731. The van der Waals surface area contributed by atoms with Crippen molar-refractivity contribution < 1.29 is 31.1 Å². The molecule has 136 valence electrons. The highest BCUT2D eigenvalue weighted by Gasteiger charge is 2.54. The van der Waals surface area contributed by atoms with E-state index in [0.717, 1.165) is 14.0 Å². The van der Waals surface area contributed by atoms with Gasteiger partial charge in [-0.05, 0) is 32.4 Å². The number of nitrogens with one attached hydrogen (secondary N) is 1. The van der Waals surface area contributed by atoms with Gasteiger partial charge in [0.2, 0.25) is 10.0 Å². The van der Waals surface area contributed by atoms with Crippen LogP contribution in [0.3, 0.4) is 0 Å². The summed E-state index contributed by atoms with van der Waals surface area (Å²) in [5.41, 5.74) is -2.73. The molecule has 0 aliphatic carbocycles. The lowest BCUT2D eigenvalue weighted by molar-refractivity contribution is -0.197. The Morgan fingerprint density at radius 2 is 1.96 bits per heavy atom. The predicted octanol–water partition coefficient (Wildman–Crippen LogP) is 2.65. The second-order valence-electron chi connectivity index (χ2n) is 6.65. The normalized spacial score (nSPS) is 19.5. The number of sulfonamides is 1. The maximum absolute atomic E-state index is 13.3. The van der Waals surface area contributed by atoms with Gasteiger partial charge in [0.25, 0.3) is 0 Å². The van der Waals surface area contributed by atoms with Crippen LogP contribution in [0, 0.1) is 0 Å². The fourth-order valence-electron chi connectivity index (χ4n) is 2.61. The van der Waals surface area contributed by atoms with E-state index in [2.05, 4.69) is 4.74 Å². The predicted molar refractivity (Wildman–Crippen MR) is 81.5 cm³/mol. The number of para-hydroxylation sites is 1. The second kappa shape index (κ2) is 5.89. The topological polar surface area (TPSA) is 64.6 Å². The number of fused-ring (bicyclic) bond motifs is 1. The molecule has 9 heteroatoms. The molecule has 1 N–H and O–H groups in total. The van der Waals surface area contributed by atoms with Gasteiger partial charge in [0.15, 0.2) is 0 Å². The van der Waals surface area contributed by atoms with E-state index in [0.29, 0.717) is 12.0 Å². The number of ether oxygens (including phenoxy) is 2. The van der Waals surface area contributed by atoms with Gasteiger partial charge in [0, 0.05) is 13.5 Å². The zero-order valence-corrected chi connectivity index (χ0v) is 14.6. The first-order chi connectivity index (χ1) is 10.8. The molecule has 0 saturated heterocycles. The minimum absolute atomic E-state index is 0.0944. The molecule has 1 heterocycles. The van der Waals surface area contributed by atoms with E-state index in [9.17, 15) is 21.6 Å². The first-order valence-corrected chi connectivity index (χ1v) is 8.70. The van der Waals surface area contributed by atoms with E-state index >= 15 is 0 Å². The standard InChI is InChI=1S/C15H20F3NO4S/c1-13(2)8-10-6-5-7-11(12(10)23-13)24(20,21)19-14(3,9-22-4)15(16,17)18/h5-7,19H,8-9H2,1-4H3. The molecule has 1 aromatic carbocycles. The van der Waals surface area contributed by atoms with Crippen molar-refractivity contribution in [3.8, 4) is 5.75 Å². The molecule has 1 aliphatic rings. The van der Waals surface area contributed by atoms with Crippen molar-refractivity contribution in [3.63, 3.8) is 0 Å². The molecular weight excluding hydrogens is 347 g/mol. The highest BCUT2D eigenvalue weighted by Crippen LogP contribution is 2.40. The van der Waals surface area contributed by atoms with Crippen LogP contribution < -0.4 is 9.46 Å². The molecule has 0 spiro atoms. The summed E-state index contributed by atoms with van der Waals surface area (Å²) in [5.74, 6) is 0.0944. The van der Waals surface area contributed by atoms with E-state index in [4.69, 9.17) is 4.74 Å². The summed E-state index contributed by atoms with van der Waals surface area (Å²) in [5, 5.41) is 0. The van der Waals surface area contributed by atoms with Crippen LogP contribution in [0.25, 0.3) is 0 Å². The number of benzene rings is 1. The van der Waals surface area contributed by atoms with Crippen LogP contribution in [0.4, 0.5) is 13.2 Å². The van der Waals surface area contributed by atoms with Gasteiger partial charge in [-0.2, -0.15) is 17.9 Å². The molecule has 24 heavy (non-hydrogen) atoms. The fraction of sp³-hybridized carbons (Fsp3) is 0.600. The number of rotatable bonds is 5. The SMILES string of the molecule is COCC(C)(NS(=O)(=O)c1cccc2c1OC(C)(C)C2)C(F)(F)F. The van der Waals surface area contributed by atoms with Crippen molar-refractivity contribution in [2.45, 2.75) is 49.4 Å². The van der Waals surface area contributed by atoms with Gasteiger partial charge in [-0.1, -0.05) is 12.1 Å². The lowest BCUT2D eigenvalue weighted by atomic mass is 10.0. The van der Waals surface area contributed by atoms with E-state index in [1.165, 1.54) is 12.1 Å². The molecule has 0 aromatic heterocycles. The molecule has 0 fully saturated rings. The van der Waals surface area contributed by atoms with Crippen molar-refractivity contribution in [2.75, 3.05) is 13.7 Å². The summed E-state index contributed by atoms with van der Waals surface area (Å²) in [6.45, 7) is 3.45. The average molecular weight is 367 g/mol. The Morgan fingerprint density at radius 3 is 2.50 bits per heavy atom. The molecule has 1 aromatic rings. The molecule has 1 atom stereocenters. The Labute approximate surface area is 139 Å². The average Bonchev–Trinajstić information content (AvgIpc) is 2.70. The maximum Gasteiger partial charge on any atom is 0.409 e. The van der Waals surface area contributed by atoms with Crippen molar-refractivity contribution in [1.82, 2.24) is 4.72 Å². The molecule has 5 nitrogen and oxygen atoms in total. The van der Waals surface area contributed by atoms with Crippen LogP contribution >= 0.6 is 0 Å². The molecule has 0 radical (unpaired) electrons. The summed E-state index contributed by atoms with van der Waals surface area (Å²) >= 11 is 0. The van der Waals surface area contributed by atoms with Gasteiger partial charge in [-0.15, -0.1) is 0 Å². The van der Waals surface area contributed by atoms with Gasteiger partial charge in [0.05, 0.1) is 6.61 Å². The number of hydrogen-bond donors (Lipinski definition) is 1. The van der Waals surface area contributed by atoms with Gasteiger partial charge in [0.1, 0.15) is 21.8 Å². The molecule has 0 bridgehead atoms. The number of hydrogen-bond acceptors (Lipinski definition) is 4. The van der Waals surface area contributed by atoms with Crippen LogP contribution in [-0.4, -0.2) is 39.5 Å². The van der Waals surface area contributed by atoms with Gasteiger partial charge in [-0.25, -0.2) is 8.42 Å². The van der Waals surface area contributed by atoms with Crippen molar-refractivity contribution in [2.24, 2.45) is 0 Å². The Balaban J connectivity index is 2.45. The number of methoxy groups -OCH3 is 1. The van der Waals surface area contributed by atoms with E-state index in [1.807, 2.05) is 0 Å². The van der Waals surface area contributed by atoms with E-state index in [-0.39, 0.29) is 10.6 Å². The maximum atomic E-state index is 13.3. The van der Waals surface area contributed by atoms with Crippen molar-refractivity contribution >= 4 is 10.0 Å². The molecule has 0 saturated carbocycles. The van der Waals surface area contributed by atoms with Crippen molar-refractivity contribution in [3.05, 3.63) is 23.8 Å². The van der Waals surface area contributed by atoms with Crippen LogP contribution in [0.2, 0.25) is 0 Å². The Morgan fingerprint density at radius 1 is 1.33 bits per heavy atom. The summed E-state index contributed by atoms with van der Waals surface area (Å²) in [7, 11) is -3.40. The minimum Gasteiger partial charge on any atom is -0.486 e. The summed E-state index contributed by atoms with van der Waals surface area (Å²) in [6.07, 6.45) is -4.35. The first-order valence-electron chi connectivity index (χ1n) is 7.22. The number of halogens is 3. The zero-order chi connectivity index (χ0) is 18.4. The fourth-order valence-corrected chi connectivity index (χ4v) is 4.16. The largest absolute Gasteiger partial charge is 0.486 e. The third kappa shape index (κ3) is 3.52. The lowest BCUT2D eigenvalue weighted by Gasteiger charge is -2.32. The van der Waals surface area contributed by atoms with Crippen LogP contribution in [0.5, 0.6) is 5.75 Å². The van der Waals surface area contributed by atoms with Gasteiger partial charge < -0.3 is 9.47 Å². The molecule has 1 unspecified atom stereocenters. The minimum atomic E-state index is -4.83. The molecule has 2 rings (SSSR count). The Kier molecular flexibility index (Phi) is 4.66. The first kappa shape index (κ1) is 19.0. The van der Waals surface area contributed by atoms with Gasteiger partial charge in [-0.3, -0.25) is 0 Å². The van der Waals surface area contributed by atoms with Crippen LogP contribution in [0.1, 0.15) is 26.3 Å². The summed E-state index contributed by atoms with van der Waals surface area (Å²) in [6, 6.07) is 4.41.